The zero-order chi connectivity index (χ0) is 10.5. The van der Waals surface area contributed by atoms with Crippen molar-refractivity contribution in [1.29, 1.82) is 0 Å². The number of nitrogens with one attached hydrogen (secondary N) is 1. The Bertz CT molecular complexity index is 322. The summed E-state index contributed by atoms with van der Waals surface area (Å²) in [6, 6.07) is 9.58. The van der Waals surface area contributed by atoms with E-state index in [1.807, 2.05) is 30.3 Å². The number of benzene rings is 1. The summed E-state index contributed by atoms with van der Waals surface area (Å²) >= 11 is 0. The highest BCUT2D eigenvalue weighted by atomic mass is 16.6. The minimum atomic E-state index is -0.394. The summed E-state index contributed by atoms with van der Waals surface area (Å²) in [5.41, 5.74) is 0.982. The molecular formula is C11H13NO3. The lowest BCUT2D eigenvalue weighted by atomic mass is 10.2. The first-order valence-electron chi connectivity index (χ1n) is 4.91. The van der Waals surface area contributed by atoms with E-state index in [-0.39, 0.29) is 6.10 Å². The monoisotopic (exact) mass is 207 g/mol. The Morgan fingerprint density at radius 2 is 2.20 bits per heavy atom. The third kappa shape index (κ3) is 3.59. The Morgan fingerprint density at radius 1 is 1.47 bits per heavy atom. The van der Waals surface area contributed by atoms with Gasteiger partial charge in [-0.25, -0.2) is 4.79 Å². The average molecular weight is 207 g/mol. The van der Waals surface area contributed by atoms with Crippen LogP contribution in [-0.4, -0.2) is 25.3 Å². The molecule has 1 amide bonds. The van der Waals surface area contributed by atoms with E-state index in [4.69, 9.17) is 9.47 Å². The molecule has 0 spiro atoms. The first kappa shape index (κ1) is 9.98. The van der Waals surface area contributed by atoms with Crippen LogP contribution in [0.25, 0.3) is 0 Å². The fraction of sp³-hybridized carbons (Fsp3) is 0.364. The number of hydrogen-bond acceptors (Lipinski definition) is 3. The van der Waals surface area contributed by atoms with Crippen molar-refractivity contribution in [3.05, 3.63) is 35.9 Å². The van der Waals surface area contributed by atoms with Crippen LogP contribution >= 0.6 is 0 Å². The van der Waals surface area contributed by atoms with Gasteiger partial charge >= 0.3 is 6.09 Å². The maximum atomic E-state index is 11.2. The predicted octanol–water partition coefficient (Wildman–Crippen LogP) is 1.31. The molecular weight excluding hydrogens is 194 g/mol. The zero-order valence-electron chi connectivity index (χ0n) is 8.31. The minimum absolute atomic E-state index is 0.189. The average Bonchev–Trinajstić information content (AvgIpc) is 3.09. The number of epoxide rings is 1. The first-order valence-corrected chi connectivity index (χ1v) is 4.91. The highest BCUT2D eigenvalue weighted by Crippen LogP contribution is 2.06. The number of carbonyl (C=O) groups is 1. The van der Waals surface area contributed by atoms with Crippen molar-refractivity contribution in [2.45, 2.75) is 12.7 Å². The third-order valence-electron chi connectivity index (χ3n) is 2.09. The Kier molecular flexibility index (Phi) is 3.19. The lowest BCUT2D eigenvalue weighted by Crippen LogP contribution is -2.27. The maximum absolute atomic E-state index is 11.2. The molecule has 2 rings (SSSR count). The minimum Gasteiger partial charge on any atom is -0.445 e. The SMILES string of the molecule is O=C(NC[C@@H]1CO1)OCc1ccccc1. The summed E-state index contributed by atoms with van der Waals surface area (Å²) in [6.07, 6.45) is -0.205. The molecule has 1 saturated heterocycles. The van der Waals surface area contributed by atoms with Crippen molar-refractivity contribution in [3.63, 3.8) is 0 Å². The molecule has 1 N–H and O–H groups in total. The van der Waals surface area contributed by atoms with Crippen molar-refractivity contribution in [1.82, 2.24) is 5.32 Å². The molecule has 0 radical (unpaired) electrons. The summed E-state index contributed by atoms with van der Waals surface area (Å²) in [5, 5.41) is 2.63. The van der Waals surface area contributed by atoms with Crippen molar-refractivity contribution in [2.75, 3.05) is 13.2 Å². The number of rotatable bonds is 4. The topological polar surface area (TPSA) is 50.9 Å². The summed E-state index contributed by atoms with van der Waals surface area (Å²) in [4.78, 5) is 11.2. The van der Waals surface area contributed by atoms with E-state index in [2.05, 4.69) is 5.32 Å². The molecule has 1 aliphatic heterocycles. The molecule has 4 nitrogen and oxygen atoms in total. The molecule has 0 aromatic heterocycles. The normalized spacial score (nSPS) is 18.3. The molecule has 0 unspecified atom stereocenters. The van der Waals surface area contributed by atoms with Crippen molar-refractivity contribution in [2.24, 2.45) is 0 Å². The highest BCUT2D eigenvalue weighted by Gasteiger charge is 2.22. The maximum Gasteiger partial charge on any atom is 0.407 e. The molecule has 4 heteroatoms. The van der Waals surface area contributed by atoms with Crippen molar-refractivity contribution < 1.29 is 14.3 Å². The van der Waals surface area contributed by atoms with E-state index >= 15 is 0 Å². The molecule has 1 aromatic carbocycles. The highest BCUT2D eigenvalue weighted by molar-refractivity contribution is 5.67. The molecule has 80 valence electrons. The van der Waals surface area contributed by atoms with Crippen molar-refractivity contribution in [3.8, 4) is 0 Å². The van der Waals surface area contributed by atoms with Crippen LogP contribution in [0.4, 0.5) is 4.79 Å². The molecule has 1 heterocycles. The summed E-state index contributed by atoms with van der Waals surface area (Å²) in [5.74, 6) is 0. The van der Waals surface area contributed by atoms with Crippen LogP contribution in [0.3, 0.4) is 0 Å². The fourth-order valence-electron chi connectivity index (χ4n) is 1.16. The molecule has 0 bridgehead atoms. The van der Waals surface area contributed by atoms with E-state index in [0.29, 0.717) is 13.2 Å². The van der Waals surface area contributed by atoms with Crippen LogP contribution < -0.4 is 5.32 Å². The van der Waals surface area contributed by atoms with Gasteiger partial charge < -0.3 is 14.8 Å². The number of ether oxygens (including phenoxy) is 2. The number of alkyl carbamates (subject to hydrolysis) is 1. The quantitative estimate of drug-likeness (QED) is 0.757. The van der Waals surface area contributed by atoms with E-state index < -0.39 is 6.09 Å². The smallest absolute Gasteiger partial charge is 0.407 e. The van der Waals surface area contributed by atoms with Crippen LogP contribution in [0, 0.1) is 0 Å². The second kappa shape index (κ2) is 4.79. The van der Waals surface area contributed by atoms with Crippen LogP contribution in [0.5, 0.6) is 0 Å². The van der Waals surface area contributed by atoms with Gasteiger partial charge in [-0.15, -0.1) is 0 Å². The van der Waals surface area contributed by atoms with E-state index in [1.165, 1.54) is 0 Å². The van der Waals surface area contributed by atoms with Crippen LogP contribution in [-0.2, 0) is 16.1 Å². The van der Waals surface area contributed by atoms with Gasteiger partial charge in [0, 0.05) is 6.54 Å². The second-order valence-electron chi connectivity index (χ2n) is 3.40. The van der Waals surface area contributed by atoms with Gasteiger partial charge in [-0.05, 0) is 5.56 Å². The van der Waals surface area contributed by atoms with Gasteiger partial charge in [0.2, 0.25) is 0 Å². The van der Waals surface area contributed by atoms with Gasteiger partial charge in [-0.2, -0.15) is 0 Å². The van der Waals surface area contributed by atoms with Gasteiger partial charge in [0.05, 0.1) is 12.7 Å². The van der Waals surface area contributed by atoms with Crippen LogP contribution in [0.1, 0.15) is 5.56 Å². The zero-order valence-corrected chi connectivity index (χ0v) is 8.31. The van der Waals surface area contributed by atoms with Gasteiger partial charge in [0.25, 0.3) is 0 Å². The van der Waals surface area contributed by atoms with Gasteiger partial charge in [-0.1, -0.05) is 30.3 Å². The van der Waals surface area contributed by atoms with Crippen LogP contribution in [0.2, 0.25) is 0 Å². The number of carbonyl (C=O) groups excluding carboxylic acids is 1. The Balaban J connectivity index is 1.66. The Hall–Kier alpha value is -1.55. The van der Waals surface area contributed by atoms with E-state index in [0.717, 1.165) is 12.2 Å². The largest absolute Gasteiger partial charge is 0.445 e. The molecule has 15 heavy (non-hydrogen) atoms. The molecule has 1 atom stereocenters. The summed E-state index contributed by atoms with van der Waals surface area (Å²) < 4.78 is 9.95. The lowest BCUT2D eigenvalue weighted by Gasteiger charge is -2.05. The van der Waals surface area contributed by atoms with Gasteiger partial charge in [0.15, 0.2) is 0 Å². The third-order valence-corrected chi connectivity index (χ3v) is 2.09. The summed E-state index contributed by atoms with van der Waals surface area (Å²) in [6.45, 7) is 1.57. The number of hydrogen-bond donors (Lipinski definition) is 1. The van der Waals surface area contributed by atoms with Gasteiger partial charge in [-0.3, -0.25) is 0 Å². The first-order chi connectivity index (χ1) is 7.34. The van der Waals surface area contributed by atoms with E-state index in [9.17, 15) is 4.79 Å². The van der Waals surface area contributed by atoms with Crippen LogP contribution in [0.15, 0.2) is 30.3 Å². The summed E-state index contributed by atoms with van der Waals surface area (Å²) in [7, 11) is 0. The molecule has 1 aromatic rings. The molecule has 0 saturated carbocycles. The van der Waals surface area contributed by atoms with Crippen molar-refractivity contribution >= 4 is 6.09 Å². The lowest BCUT2D eigenvalue weighted by molar-refractivity contribution is 0.139. The number of amides is 1. The Labute approximate surface area is 88.2 Å². The Morgan fingerprint density at radius 3 is 2.87 bits per heavy atom. The molecule has 0 aliphatic carbocycles. The van der Waals surface area contributed by atoms with E-state index in [1.54, 1.807) is 0 Å². The van der Waals surface area contributed by atoms with Gasteiger partial charge in [0.1, 0.15) is 6.61 Å². The second-order valence-corrected chi connectivity index (χ2v) is 3.40. The predicted molar refractivity (Wildman–Crippen MR) is 54.4 cm³/mol. The fourth-order valence-corrected chi connectivity index (χ4v) is 1.16. The standard InChI is InChI=1S/C11H13NO3/c13-11(12-6-10-8-14-10)15-7-9-4-2-1-3-5-9/h1-5,10H,6-8H2,(H,12,13)/t10-/m1/s1. The molecule has 1 aliphatic rings. The molecule has 1 fully saturated rings.